The summed E-state index contributed by atoms with van der Waals surface area (Å²) >= 11 is 0. The number of hydrogen-bond donors (Lipinski definition) is 0. The summed E-state index contributed by atoms with van der Waals surface area (Å²) in [5, 5.41) is 1.54. The van der Waals surface area contributed by atoms with Crippen LogP contribution in [0.5, 0.6) is 0 Å². The van der Waals surface area contributed by atoms with Gasteiger partial charge in [-0.3, -0.25) is 14.5 Å². The summed E-state index contributed by atoms with van der Waals surface area (Å²) in [7, 11) is 0. The number of benzene rings is 1. The van der Waals surface area contributed by atoms with Gasteiger partial charge in [-0.15, -0.1) is 0 Å². The molecule has 0 N–H and O–H groups in total. The Morgan fingerprint density at radius 1 is 1.20 bits per heavy atom. The molecule has 0 aromatic heterocycles. The van der Waals surface area contributed by atoms with Crippen molar-refractivity contribution in [3.05, 3.63) is 35.6 Å². The third-order valence-corrected chi connectivity index (χ3v) is 5.62. The molecule has 3 fully saturated rings. The maximum atomic E-state index is 14.0. The Morgan fingerprint density at radius 2 is 2.08 bits per heavy atom. The molecule has 6 heteroatoms. The van der Waals surface area contributed by atoms with Crippen molar-refractivity contribution in [1.82, 2.24) is 9.96 Å². The third-order valence-electron chi connectivity index (χ3n) is 5.62. The number of rotatable bonds is 3. The summed E-state index contributed by atoms with van der Waals surface area (Å²) in [6.45, 7) is 4.17. The number of hydrogen-bond acceptors (Lipinski definition) is 4. The zero-order chi connectivity index (χ0) is 17.2. The van der Waals surface area contributed by atoms with E-state index in [1.165, 1.54) is 6.07 Å². The highest BCUT2D eigenvalue weighted by molar-refractivity contribution is 5.78. The number of nitrogens with zero attached hydrogens (tertiary/aromatic N) is 2. The maximum Gasteiger partial charge on any atom is 0.249 e. The van der Waals surface area contributed by atoms with Crippen LogP contribution in [0.25, 0.3) is 0 Å². The summed E-state index contributed by atoms with van der Waals surface area (Å²) in [6.07, 6.45) is 2.67. The van der Waals surface area contributed by atoms with E-state index in [1.807, 2.05) is 12.1 Å². The number of likely N-dealkylation sites (tertiary alicyclic amines) is 1. The van der Waals surface area contributed by atoms with Crippen molar-refractivity contribution in [3.8, 4) is 0 Å². The molecule has 0 spiro atoms. The van der Waals surface area contributed by atoms with Gasteiger partial charge in [0.2, 0.25) is 5.91 Å². The predicted molar refractivity (Wildman–Crippen MR) is 89.9 cm³/mol. The molecule has 3 saturated heterocycles. The first kappa shape index (κ1) is 16.9. The first-order valence-electron chi connectivity index (χ1n) is 9.24. The number of amides is 1. The van der Waals surface area contributed by atoms with Crippen molar-refractivity contribution in [1.29, 1.82) is 0 Å². The van der Waals surface area contributed by atoms with E-state index < -0.39 is 0 Å². The van der Waals surface area contributed by atoms with Gasteiger partial charge in [0.25, 0.3) is 0 Å². The normalized spacial score (nSPS) is 30.3. The molecule has 3 atom stereocenters. The van der Waals surface area contributed by atoms with E-state index in [2.05, 4.69) is 4.90 Å². The molecule has 25 heavy (non-hydrogen) atoms. The molecule has 4 rings (SSSR count). The fourth-order valence-corrected chi connectivity index (χ4v) is 4.31. The fourth-order valence-electron chi connectivity index (χ4n) is 4.31. The number of halogens is 1. The first-order chi connectivity index (χ1) is 12.2. The molecule has 0 bridgehead atoms. The van der Waals surface area contributed by atoms with Crippen LogP contribution in [0, 0.1) is 17.7 Å². The number of hydroxylamine groups is 2. The molecule has 1 aromatic carbocycles. The van der Waals surface area contributed by atoms with Gasteiger partial charge in [-0.25, -0.2) is 9.45 Å². The lowest BCUT2D eigenvalue weighted by Gasteiger charge is -2.45. The molecule has 3 heterocycles. The summed E-state index contributed by atoms with van der Waals surface area (Å²) in [5.74, 6) is 0.0393. The number of fused-ring (bicyclic) bond motifs is 1. The highest BCUT2D eigenvalue weighted by atomic mass is 19.1. The second-order valence-electron chi connectivity index (χ2n) is 7.21. The lowest BCUT2D eigenvalue weighted by molar-refractivity contribution is -0.185. The van der Waals surface area contributed by atoms with E-state index in [9.17, 15) is 9.18 Å². The lowest BCUT2D eigenvalue weighted by atomic mass is 9.78. The minimum atomic E-state index is -0.164. The number of carbonyl (C=O) groups is 1. The molecular formula is C19H25FN2O3. The second kappa shape index (κ2) is 7.40. The lowest BCUT2D eigenvalue weighted by Crippen LogP contribution is -2.53. The summed E-state index contributed by atoms with van der Waals surface area (Å²) in [6, 6.07) is 6.92. The van der Waals surface area contributed by atoms with Crippen LogP contribution in [-0.4, -0.2) is 54.8 Å². The zero-order valence-electron chi connectivity index (χ0n) is 14.4. The SMILES string of the molecule is O=C([C@@H]1CCO[C@@H]2CCN(Cc3ccccc3F)C[C@@H]21)N1CCCO1. The monoisotopic (exact) mass is 348 g/mol. The Kier molecular flexibility index (Phi) is 5.01. The molecule has 1 amide bonds. The van der Waals surface area contributed by atoms with Crippen LogP contribution in [0.1, 0.15) is 24.8 Å². The Balaban J connectivity index is 1.45. The number of carbonyl (C=O) groups excluding carboxylic acids is 1. The van der Waals surface area contributed by atoms with Gasteiger partial charge in [-0.1, -0.05) is 18.2 Å². The quantitative estimate of drug-likeness (QED) is 0.840. The second-order valence-corrected chi connectivity index (χ2v) is 7.21. The summed E-state index contributed by atoms with van der Waals surface area (Å²) < 4.78 is 19.9. The minimum Gasteiger partial charge on any atom is -0.378 e. The van der Waals surface area contributed by atoms with Gasteiger partial charge < -0.3 is 4.74 Å². The molecule has 136 valence electrons. The predicted octanol–water partition coefficient (Wildman–Crippen LogP) is 2.22. The largest absolute Gasteiger partial charge is 0.378 e. The Hall–Kier alpha value is -1.50. The van der Waals surface area contributed by atoms with E-state index in [0.29, 0.717) is 31.9 Å². The van der Waals surface area contributed by atoms with E-state index in [4.69, 9.17) is 9.57 Å². The van der Waals surface area contributed by atoms with E-state index >= 15 is 0 Å². The highest BCUT2D eigenvalue weighted by Crippen LogP contribution is 2.35. The Morgan fingerprint density at radius 3 is 2.88 bits per heavy atom. The number of piperidine rings is 1. The van der Waals surface area contributed by atoms with Gasteiger partial charge >= 0.3 is 0 Å². The fraction of sp³-hybridized carbons (Fsp3) is 0.632. The highest BCUT2D eigenvalue weighted by Gasteiger charge is 2.43. The number of ether oxygens (including phenoxy) is 1. The minimum absolute atomic E-state index is 0.0553. The molecule has 5 nitrogen and oxygen atoms in total. The van der Waals surface area contributed by atoms with Crippen LogP contribution in [0.2, 0.25) is 0 Å². The van der Waals surface area contributed by atoms with Crippen molar-refractivity contribution >= 4 is 5.91 Å². The van der Waals surface area contributed by atoms with Gasteiger partial charge in [0, 0.05) is 43.6 Å². The molecule has 0 saturated carbocycles. The molecule has 3 aliphatic rings. The molecule has 0 aliphatic carbocycles. The molecule has 0 unspecified atom stereocenters. The van der Waals surface area contributed by atoms with Crippen LogP contribution in [-0.2, 0) is 20.9 Å². The van der Waals surface area contributed by atoms with Gasteiger partial charge in [-0.05, 0) is 25.3 Å². The van der Waals surface area contributed by atoms with Crippen molar-refractivity contribution in [3.63, 3.8) is 0 Å². The standard InChI is InChI=1S/C19H25FN2O3/c20-17-5-2-1-4-14(17)12-21-9-6-18-16(13-21)15(7-11-24-18)19(23)22-8-3-10-25-22/h1-2,4-5,15-16,18H,3,6-13H2/t15-,16-,18-/m1/s1. The van der Waals surface area contributed by atoms with Crippen molar-refractivity contribution in [2.24, 2.45) is 11.8 Å². The Labute approximate surface area is 147 Å². The van der Waals surface area contributed by atoms with Gasteiger partial charge in [0.15, 0.2) is 0 Å². The van der Waals surface area contributed by atoms with Gasteiger partial charge in [-0.2, -0.15) is 0 Å². The third kappa shape index (κ3) is 3.57. The van der Waals surface area contributed by atoms with Crippen molar-refractivity contribution in [2.75, 3.05) is 32.8 Å². The van der Waals surface area contributed by atoms with Crippen LogP contribution >= 0.6 is 0 Å². The van der Waals surface area contributed by atoms with Gasteiger partial charge in [0.1, 0.15) is 5.82 Å². The van der Waals surface area contributed by atoms with Crippen molar-refractivity contribution in [2.45, 2.75) is 31.9 Å². The first-order valence-corrected chi connectivity index (χ1v) is 9.24. The van der Waals surface area contributed by atoms with Gasteiger partial charge in [0.05, 0.1) is 19.3 Å². The molecule has 3 aliphatic heterocycles. The zero-order valence-corrected chi connectivity index (χ0v) is 14.4. The average molecular weight is 348 g/mol. The van der Waals surface area contributed by atoms with Crippen LogP contribution in [0.3, 0.4) is 0 Å². The average Bonchev–Trinajstić information content (AvgIpc) is 3.17. The van der Waals surface area contributed by atoms with E-state index in [-0.39, 0.29) is 29.7 Å². The molecule has 1 aromatic rings. The van der Waals surface area contributed by atoms with Crippen LogP contribution < -0.4 is 0 Å². The van der Waals surface area contributed by atoms with E-state index in [0.717, 1.165) is 32.4 Å². The summed E-state index contributed by atoms with van der Waals surface area (Å²) in [4.78, 5) is 20.6. The Bertz CT molecular complexity index is 620. The smallest absolute Gasteiger partial charge is 0.249 e. The molecule has 0 radical (unpaired) electrons. The maximum absolute atomic E-state index is 14.0. The molecular weight excluding hydrogens is 323 g/mol. The summed E-state index contributed by atoms with van der Waals surface area (Å²) in [5.41, 5.74) is 0.712. The van der Waals surface area contributed by atoms with Crippen LogP contribution in [0.15, 0.2) is 24.3 Å². The topological polar surface area (TPSA) is 42.0 Å². The van der Waals surface area contributed by atoms with E-state index in [1.54, 1.807) is 11.1 Å². The van der Waals surface area contributed by atoms with Crippen LogP contribution in [0.4, 0.5) is 4.39 Å². The van der Waals surface area contributed by atoms with Crippen molar-refractivity contribution < 1.29 is 18.8 Å².